The lowest BCUT2D eigenvalue weighted by atomic mass is 9.89. The molecule has 90 valence electrons. The lowest BCUT2D eigenvalue weighted by molar-refractivity contribution is 0.247. The highest BCUT2D eigenvalue weighted by Crippen LogP contribution is 2.24. The minimum atomic E-state index is 0.322. The van der Waals surface area contributed by atoms with E-state index in [-0.39, 0.29) is 0 Å². The van der Waals surface area contributed by atoms with Gasteiger partial charge in [0, 0.05) is 6.54 Å². The zero-order valence-corrected chi connectivity index (χ0v) is 10.8. The molecule has 0 amide bonds. The molecular weight excluding hydrogens is 184 g/mol. The third-order valence-electron chi connectivity index (χ3n) is 3.72. The summed E-state index contributed by atoms with van der Waals surface area (Å²) in [6.07, 6.45) is 5.41. The summed E-state index contributed by atoms with van der Waals surface area (Å²) in [6, 6.07) is 0. The van der Waals surface area contributed by atoms with E-state index in [1.807, 2.05) is 0 Å². The Morgan fingerprint density at radius 3 is 2.73 bits per heavy atom. The van der Waals surface area contributed by atoms with Crippen molar-refractivity contribution < 1.29 is 0 Å². The van der Waals surface area contributed by atoms with Gasteiger partial charge in [-0.05, 0) is 50.2 Å². The zero-order valence-electron chi connectivity index (χ0n) is 10.8. The summed E-state index contributed by atoms with van der Waals surface area (Å²) in [4.78, 5) is 2.62. The Bertz CT molecular complexity index is 177. The molecule has 0 spiro atoms. The Labute approximate surface area is 95.2 Å². The van der Waals surface area contributed by atoms with Crippen molar-refractivity contribution in [3.05, 3.63) is 0 Å². The van der Waals surface area contributed by atoms with Gasteiger partial charge in [-0.15, -0.1) is 0 Å². The van der Waals surface area contributed by atoms with Gasteiger partial charge in [0.25, 0.3) is 0 Å². The lowest BCUT2D eigenvalue weighted by Crippen LogP contribution is -2.30. The van der Waals surface area contributed by atoms with Crippen molar-refractivity contribution in [1.82, 2.24) is 4.90 Å². The van der Waals surface area contributed by atoms with Crippen LogP contribution in [0.25, 0.3) is 0 Å². The van der Waals surface area contributed by atoms with Gasteiger partial charge in [0.1, 0.15) is 0 Å². The first-order valence-corrected chi connectivity index (χ1v) is 6.50. The maximum atomic E-state index is 5.75. The standard InChI is InChI=1S/C13H28N2/c1-4-5-12-6-8-15(10-12)9-7-13(2,3)11-14/h12H,4-11,14H2,1-3H3. The van der Waals surface area contributed by atoms with Crippen molar-refractivity contribution in [2.45, 2.75) is 46.5 Å². The van der Waals surface area contributed by atoms with Gasteiger partial charge in [0.15, 0.2) is 0 Å². The van der Waals surface area contributed by atoms with Gasteiger partial charge in [-0.3, -0.25) is 0 Å². The average Bonchev–Trinajstić information content (AvgIpc) is 2.64. The van der Waals surface area contributed by atoms with E-state index in [2.05, 4.69) is 25.7 Å². The van der Waals surface area contributed by atoms with Gasteiger partial charge in [0.2, 0.25) is 0 Å². The SMILES string of the molecule is CCCC1CCN(CCC(C)(C)CN)C1. The van der Waals surface area contributed by atoms with Crippen LogP contribution in [0.15, 0.2) is 0 Å². The molecular formula is C13H28N2. The van der Waals surface area contributed by atoms with E-state index in [1.54, 1.807) is 0 Å². The molecule has 1 rings (SSSR count). The second-order valence-electron chi connectivity index (χ2n) is 5.86. The molecule has 0 saturated carbocycles. The molecule has 2 heteroatoms. The van der Waals surface area contributed by atoms with E-state index < -0.39 is 0 Å². The highest BCUT2D eigenvalue weighted by molar-refractivity contribution is 4.78. The first-order valence-electron chi connectivity index (χ1n) is 6.50. The quantitative estimate of drug-likeness (QED) is 0.733. The average molecular weight is 212 g/mol. The number of hydrogen-bond acceptors (Lipinski definition) is 2. The molecule has 0 aromatic rings. The van der Waals surface area contributed by atoms with E-state index in [9.17, 15) is 0 Å². The van der Waals surface area contributed by atoms with Crippen LogP contribution < -0.4 is 5.73 Å². The molecule has 1 aliphatic rings. The molecule has 2 N–H and O–H groups in total. The summed E-state index contributed by atoms with van der Waals surface area (Å²) in [5.74, 6) is 0.969. The Kier molecular flexibility index (Phi) is 5.07. The van der Waals surface area contributed by atoms with Crippen LogP contribution in [-0.2, 0) is 0 Å². The highest BCUT2D eigenvalue weighted by atomic mass is 15.1. The predicted molar refractivity (Wildman–Crippen MR) is 66.9 cm³/mol. The summed E-state index contributed by atoms with van der Waals surface area (Å²) in [7, 11) is 0. The number of likely N-dealkylation sites (tertiary alicyclic amines) is 1. The molecule has 1 unspecified atom stereocenters. The molecule has 1 aliphatic heterocycles. The maximum absolute atomic E-state index is 5.75. The zero-order chi connectivity index (χ0) is 11.3. The van der Waals surface area contributed by atoms with Gasteiger partial charge < -0.3 is 10.6 Å². The molecule has 15 heavy (non-hydrogen) atoms. The Morgan fingerprint density at radius 2 is 2.13 bits per heavy atom. The molecule has 0 radical (unpaired) electrons. The maximum Gasteiger partial charge on any atom is 0.00101 e. The lowest BCUT2D eigenvalue weighted by Gasteiger charge is -2.25. The van der Waals surface area contributed by atoms with Gasteiger partial charge in [-0.2, -0.15) is 0 Å². The summed E-state index contributed by atoms with van der Waals surface area (Å²) < 4.78 is 0. The summed E-state index contributed by atoms with van der Waals surface area (Å²) in [5.41, 5.74) is 6.07. The highest BCUT2D eigenvalue weighted by Gasteiger charge is 2.23. The Balaban J connectivity index is 2.19. The van der Waals surface area contributed by atoms with E-state index in [0.29, 0.717) is 5.41 Å². The van der Waals surface area contributed by atoms with Crippen molar-refractivity contribution in [2.24, 2.45) is 17.1 Å². The van der Waals surface area contributed by atoms with Crippen LogP contribution in [-0.4, -0.2) is 31.1 Å². The van der Waals surface area contributed by atoms with Crippen LogP contribution in [0.5, 0.6) is 0 Å². The van der Waals surface area contributed by atoms with E-state index in [4.69, 9.17) is 5.73 Å². The minimum Gasteiger partial charge on any atom is -0.330 e. The normalized spacial score (nSPS) is 23.6. The topological polar surface area (TPSA) is 29.3 Å². The van der Waals surface area contributed by atoms with Gasteiger partial charge >= 0.3 is 0 Å². The van der Waals surface area contributed by atoms with Crippen LogP contribution in [0.3, 0.4) is 0 Å². The van der Waals surface area contributed by atoms with Crippen LogP contribution in [0, 0.1) is 11.3 Å². The van der Waals surface area contributed by atoms with Crippen molar-refractivity contribution in [1.29, 1.82) is 0 Å². The first kappa shape index (κ1) is 13.0. The molecule has 0 aliphatic carbocycles. The van der Waals surface area contributed by atoms with Crippen molar-refractivity contribution >= 4 is 0 Å². The van der Waals surface area contributed by atoms with E-state index in [0.717, 1.165) is 12.5 Å². The third-order valence-corrected chi connectivity index (χ3v) is 3.72. The van der Waals surface area contributed by atoms with Crippen LogP contribution in [0.2, 0.25) is 0 Å². The molecule has 2 nitrogen and oxygen atoms in total. The first-order chi connectivity index (χ1) is 7.07. The Morgan fingerprint density at radius 1 is 1.40 bits per heavy atom. The summed E-state index contributed by atoms with van der Waals surface area (Å²) >= 11 is 0. The summed E-state index contributed by atoms with van der Waals surface area (Å²) in [6.45, 7) is 11.5. The monoisotopic (exact) mass is 212 g/mol. The van der Waals surface area contributed by atoms with Crippen molar-refractivity contribution in [3.63, 3.8) is 0 Å². The third kappa shape index (κ3) is 4.52. The number of nitrogens with zero attached hydrogens (tertiary/aromatic N) is 1. The molecule has 0 bridgehead atoms. The second-order valence-corrected chi connectivity index (χ2v) is 5.86. The van der Waals surface area contributed by atoms with Crippen LogP contribution in [0.4, 0.5) is 0 Å². The number of nitrogens with two attached hydrogens (primary N) is 1. The molecule has 0 aromatic heterocycles. The molecule has 1 saturated heterocycles. The fraction of sp³-hybridized carbons (Fsp3) is 1.00. The number of hydrogen-bond donors (Lipinski definition) is 1. The fourth-order valence-corrected chi connectivity index (χ4v) is 2.32. The molecule has 0 aromatic carbocycles. The molecule has 1 atom stereocenters. The van der Waals surface area contributed by atoms with Crippen LogP contribution in [0.1, 0.15) is 46.5 Å². The van der Waals surface area contributed by atoms with Crippen molar-refractivity contribution in [3.8, 4) is 0 Å². The van der Waals surface area contributed by atoms with Gasteiger partial charge in [-0.1, -0.05) is 27.2 Å². The smallest absolute Gasteiger partial charge is 0.00101 e. The largest absolute Gasteiger partial charge is 0.330 e. The minimum absolute atomic E-state index is 0.322. The van der Waals surface area contributed by atoms with Crippen LogP contribution >= 0.6 is 0 Å². The van der Waals surface area contributed by atoms with E-state index >= 15 is 0 Å². The molecule has 1 fully saturated rings. The van der Waals surface area contributed by atoms with Crippen molar-refractivity contribution in [2.75, 3.05) is 26.2 Å². The number of rotatable bonds is 6. The van der Waals surface area contributed by atoms with Gasteiger partial charge in [0.05, 0.1) is 0 Å². The predicted octanol–water partition coefficient (Wildman–Crippen LogP) is 2.48. The van der Waals surface area contributed by atoms with E-state index in [1.165, 1.54) is 45.3 Å². The van der Waals surface area contributed by atoms with Gasteiger partial charge in [-0.25, -0.2) is 0 Å². The Hall–Kier alpha value is -0.0800. The fourth-order valence-electron chi connectivity index (χ4n) is 2.32. The molecule has 1 heterocycles. The second kappa shape index (κ2) is 5.86. The summed E-state index contributed by atoms with van der Waals surface area (Å²) in [5, 5.41) is 0.